The Hall–Kier alpha value is -2.32. The van der Waals surface area contributed by atoms with E-state index < -0.39 is 17.8 Å². The minimum Gasteiger partial charge on any atom is -0.359 e. The summed E-state index contributed by atoms with van der Waals surface area (Å²) < 4.78 is 44.0. The molecule has 1 aliphatic rings. The molecule has 0 unspecified atom stereocenters. The van der Waals surface area contributed by atoms with Crippen LogP contribution in [0.1, 0.15) is 41.8 Å². The van der Waals surface area contributed by atoms with Crippen LogP contribution in [0.2, 0.25) is 0 Å². The van der Waals surface area contributed by atoms with Crippen molar-refractivity contribution in [2.75, 3.05) is 5.32 Å². The fraction of sp³-hybridized carbons (Fsp3) is 0.533. The van der Waals surface area contributed by atoms with Crippen molar-refractivity contribution in [1.82, 2.24) is 15.4 Å². The molecule has 24 heavy (non-hydrogen) atoms. The van der Waals surface area contributed by atoms with Crippen LogP contribution in [-0.4, -0.2) is 21.3 Å². The van der Waals surface area contributed by atoms with Crippen LogP contribution in [-0.2, 0) is 30.2 Å². The number of aromatic amines is 1. The fourth-order valence-electron chi connectivity index (χ4n) is 3.00. The maximum absolute atomic E-state index is 13.0. The Labute approximate surface area is 135 Å². The molecule has 1 aliphatic carbocycles. The Morgan fingerprint density at radius 2 is 2.21 bits per heavy atom. The zero-order chi connectivity index (χ0) is 17.5. The number of anilines is 1. The number of fused-ring (bicyclic) bond motifs is 1. The number of carbonyl (C=O) groups excluding carboxylic acids is 1. The topological polar surface area (TPSA) is 83.8 Å². The molecular weight excluding hydrogens is 325 g/mol. The second-order valence-electron chi connectivity index (χ2n) is 5.87. The molecule has 6 nitrogen and oxygen atoms in total. The fourth-order valence-corrected chi connectivity index (χ4v) is 3.00. The molecule has 0 fully saturated rings. The third-order valence-electron chi connectivity index (χ3n) is 4.30. The lowest BCUT2D eigenvalue weighted by Crippen LogP contribution is -2.29. The van der Waals surface area contributed by atoms with Gasteiger partial charge in [0.2, 0.25) is 5.91 Å². The zero-order valence-electron chi connectivity index (χ0n) is 13.3. The SMILES string of the molecule is CCc1noc(C)c1NC(=O)[C@@H]1CCc2[nH]nc(C(F)(F)F)c2C1. The van der Waals surface area contributed by atoms with Crippen LogP contribution in [0.5, 0.6) is 0 Å². The summed E-state index contributed by atoms with van der Waals surface area (Å²) in [7, 11) is 0. The smallest absolute Gasteiger partial charge is 0.359 e. The van der Waals surface area contributed by atoms with Crippen LogP contribution in [0.15, 0.2) is 4.52 Å². The number of carbonyl (C=O) groups is 1. The molecule has 3 rings (SSSR count). The van der Waals surface area contributed by atoms with Crippen LogP contribution >= 0.6 is 0 Å². The minimum atomic E-state index is -4.52. The van der Waals surface area contributed by atoms with Gasteiger partial charge in [0.1, 0.15) is 11.4 Å². The van der Waals surface area contributed by atoms with E-state index in [2.05, 4.69) is 20.7 Å². The molecule has 0 aromatic carbocycles. The highest BCUT2D eigenvalue weighted by atomic mass is 19.4. The number of aromatic nitrogens is 3. The number of H-pyrrole nitrogens is 1. The Kier molecular flexibility index (Phi) is 4.10. The Morgan fingerprint density at radius 1 is 1.46 bits per heavy atom. The summed E-state index contributed by atoms with van der Waals surface area (Å²) in [5, 5.41) is 12.4. The van der Waals surface area contributed by atoms with E-state index in [-0.39, 0.29) is 17.9 Å². The predicted molar refractivity (Wildman–Crippen MR) is 78.4 cm³/mol. The second kappa shape index (κ2) is 5.95. The Balaban J connectivity index is 1.79. The van der Waals surface area contributed by atoms with Crippen molar-refractivity contribution in [2.24, 2.45) is 5.92 Å². The maximum Gasteiger partial charge on any atom is 0.435 e. The summed E-state index contributed by atoms with van der Waals surface area (Å²) in [4.78, 5) is 12.5. The van der Waals surface area contributed by atoms with Gasteiger partial charge < -0.3 is 9.84 Å². The third kappa shape index (κ3) is 2.90. The quantitative estimate of drug-likeness (QED) is 0.898. The number of hydrogen-bond acceptors (Lipinski definition) is 4. The summed E-state index contributed by atoms with van der Waals surface area (Å²) in [6, 6.07) is 0. The van der Waals surface area contributed by atoms with Gasteiger partial charge in [-0.2, -0.15) is 18.3 Å². The second-order valence-corrected chi connectivity index (χ2v) is 5.87. The van der Waals surface area contributed by atoms with Crippen molar-refractivity contribution in [2.45, 2.75) is 45.7 Å². The number of alkyl halides is 3. The Morgan fingerprint density at radius 3 is 2.88 bits per heavy atom. The highest BCUT2D eigenvalue weighted by Crippen LogP contribution is 2.36. The van der Waals surface area contributed by atoms with E-state index in [1.165, 1.54) is 0 Å². The lowest BCUT2D eigenvalue weighted by Gasteiger charge is -2.22. The van der Waals surface area contributed by atoms with Crippen molar-refractivity contribution in [3.8, 4) is 0 Å². The normalized spacial score (nSPS) is 17.6. The molecule has 9 heteroatoms. The molecule has 2 heterocycles. The molecule has 2 aromatic rings. The Bertz CT molecular complexity index is 763. The van der Waals surface area contributed by atoms with Gasteiger partial charge in [-0.25, -0.2) is 0 Å². The van der Waals surface area contributed by atoms with E-state index in [0.717, 1.165) is 0 Å². The summed E-state index contributed by atoms with van der Waals surface area (Å²) in [5.74, 6) is -0.387. The zero-order valence-corrected chi connectivity index (χ0v) is 13.3. The number of nitrogens with one attached hydrogen (secondary N) is 2. The molecule has 0 spiro atoms. The van der Waals surface area contributed by atoms with Crippen LogP contribution in [0.3, 0.4) is 0 Å². The van der Waals surface area contributed by atoms with Gasteiger partial charge in [0.25, 0.3) is 0 Å². The summed E-state index contributed by atoms with van der Waals surface area (Å²) in [5.41, 5.74) is 0.756. The minimum absolute atomic E-state index is 0.0122. The van der Waals surface area contributed by atoms with E-state index in [0.29, 0.717) is 42.1 Å². The van der Waals surface area contributed by atoms with Crippen molar-refractivity contribution in [1.29, 1.82) is 0 Å². The van der Waals surface area contributed by atoms with E-state index in [9.17, 15) is 18.0 Å². The third-order valence-corrected chi connectivity index (χ3v) is 4.30. The van der Waals surface area contributed by atoms with Gasteiger partial charge in [-0.15, -0.1) is 0 Å². The molecule has 1 amide bonds. The highest BCUT2D eigenvalue weighted by molar-refractivity contribution is 5.93. The molecule has 2 aromatic heterocycles. The lowest BCUT2D eigenvalue weighted by atomic mass is 9.85. The van der Waals surface area contributed by atoms with Gasteiger partial charge in [-0.3, -0.25) is 9.89 Å². The average molecular weight is 342 g/mol. The van der Waals surface area contributed by atoms with Gasteiger partial charge in [0.05, 0.1) is 0 Å². The monoisotopic (exact) mass is 342 g/mol. The predicted octanol–water partition coefficient (Wildman–Crippen LogP) is 3.03. The summed E-state index contributed by atoms with van der Waals surface area (Å²) in [6.45, 7) is 3.56. The average Bonchev–Trinajstić information content (AvgIpc) is 3.10. The molecule has 0 aliphatic heterocycles. The van der Waals surface area contributed by atoms with Gasteiger partial charge in [0.15, 0.2) is 11.5 Å². The highest BCUT2D eigenvalue weighted by Gasteiger charge is 2.40. The number of rotatable bonds is 3. The number of hydrogen-bond donors (Lipinski definition) is 2. The molecule has 2 N–H and O–H groups in total. The van der Waals surface area contributed by atoms with E-state index in [4.69, 9.17) is 4.52 Å². The molecule has 0 saturated carbocycles. The number of aryl methyl sites for hydroxylation is 3. The molecule has 130 valence electrons. The van der Waals surface area contributed by atoms with Gasteiger partial charge in [-0.1, -0.05) is 12.1 Å². The first-order chi connectivity index (χ1) is 11.3. The number of halogens is 3. The van der Waals surface area contributed by atoms with Gasteiger partial charge in [-0.05, 0) is 32.6 Å². The van der Waals surface area contributed by atoms with Crippen LogP contribution in [0, 0.1) is 12.8 Å². The van der Waals surface area contributed by atoms with E-state index in [1.54, 1.807) is 6.92 Å². The standard InChI is InChI=1S/C15H17F3N4O2/c1-3-10-12(7(2)24-22-10)19-14(23)8-4-5-11-9(6-8)13(21-20-11)15(16,17)18/h8H,3-6H2,1-2H3,(H,19,23)(H,20,21)/t8-/m1/s1. The first kappa shape index (κ1) is 16.5. The van der Waals surface area contributed by atoms with E-state index >= 15 is 0 Å². The van der Waals surface area contributed by atoms with Gasteiger partial charge in [0, 0.05) is 17.2 Å². The molecular formula is C15H17F3N4O2. The molecule has 0 radical (unpaired) electrons. The van der Waals surface area contributed by atoms with Crippen LogP contribution in [0.4, 0.5) is 18.9 Å². The molecule has 0 bridgehead atoms. The van der Waals surface area contributed by atoms with Crippen LogP contribution < -0.4 is 5.32 Å². The molecule has 1 atom stereocenters. The maximum atomic E-state index is 13.0. The lowest BCUT2D eigenvalue weighted by molar-refractivity contribution is -0.142. The van der Waals surface area contributed by atoms with Crippen LogP contribution in [0.25, 0.3) is 0 Å². The van der Waals surface area contributed by atoms with Crippen molar-refractivity contribution < 1.29 is 22.5 Å². The summed E-state index contributed by atoms with van der Waals surface area (Å²) in [6.07, 6.45) is -3.10. The van der Waals surface area contributed by atoms with Crippen molar-refractivity contribution in [3.63, 3.8) is 0 Å². The number of nitrogens with zero attached hydrogens (tertiary/aromatic N) is 2. The van der Waals surface area contributed by atoms with Gasteiger partial charge >= 0.3 is 6.18 Å². The van der Waals surface area contributed by atoms with Crippen molar-refractivity contribution >= 4 is 11.6 Å². The summed E-state index contributed by atoms with van der Waals surface area (Å²) >= 11 is 0. The first-order valence-electron chi connectivity index (χ1n) is 7.70. The first-order valence-corrected chi connectivity index (χ1v) is 7.70. The largest absolute Gasteiger partial charge is 0.435 e. The van der Waals surface area contributed by atoms with E-state index in [1.807, 2.05) is 6.92 Å². The number of amides is 1. The molecule has 0 saturated heterocycles. The van der Waals surface area contributed by atoms with Crippen molar-refractivity contribution in [3.05, 3.63) is 28.4 Å².